The van der Waals surface area contributed by atoms with Crippen LogP contribution in [0, 0.1) is 0 Å². The second-order valence-corrected chi connectivity index (χ2v) is 8.57. The van der Waals surface area contributed by atoms with Gasteiger partial charge in [0.05, 0.1) is 4.47 Å². The largest absolute Gasteiger partial charge is 0.483 e. The summed E-state index contributed by atoms with van der Waals surface area (Å²) in [4.78, 5) is 27.2. The molecule has 1 N–H and O–H groups in total. The molecule has 2 rings (SSSR count). The maximum Gasteiger partial charge on any atom is 0.261 e. The van der Waals surface area contributed by atoms with Crippen molar-refractivity contribution in [3.8, 4) is 5.75 Å². The van der Waals surface area contributed by atoms with Crippen molar-refractivity contribution in [2.45, 2.75) is 32.9 Å². The van der Waals surface area contributed by atoms with E-state index in [9.17, 15) is 9.59 Å². The predicted octanol–water partition coefficient (Wildman–Crippen LogP) is 5.73. The second-order valence-electron chi connectivity index (χ2n) is 6.44. The highest BCUT2D eigenvalue weighted by Gasteiger charge is 2.29. The Morgan fingerprint density at radius 2 is 1.77 bits per heavy atom. The van der Waals surface area contributed by atoms with Crippen LogP contribution in [0.25, 0.3) is 0 Å². The van der Waals surface area contributed by atoms with Crippen LogP contribution >= 0.6 is 50.7 Å². The van der Waals surface area contributed by atoms with Crippen molar-refractivity contribution in [1.82, 2.24) is 10.2 Å². The highest BCUT2D eigenvalue weighted by atomic mass is 79.9. The molecule has 0 aliphatic heterocycles. The number of amides is 2. The number of carbonyl (C=O) groups is 2. The van der Waals surface area contributed by atoms with Crippen LogP contribution in [0.15, 0.2) is 40.9 Å². The fourth-order valence-electron chi connectivity index (χ4n) is 2.86. The highest BCUT2D eigenvalue weighted by Crippen LogP contribution is 2.28. The average molecular weight is 537 g/mol. The van der Waals surface area contributed by atoms with E-state index in [-0.39, 0.29) is 25.0 Å². The molecule has 0 heterocycles. The topological polar surface area (TPSA) is 58.6 Å². The smallest absolute Gasteiger partial charge is 0.261 e. The first-order chi connectivity index (χ1) is 14.3. The average Bonchev–Trinajstić information content (AvgIpc) is 2.68. The summed E-state index contributed by atoms with van der Waals surface area (Å²) in [7, 11) is 0. The van der Waals surface area contributed by atoms with Crippen molar-refractivity contribution in [3.05, 3.63) is 61.5 Å². The zero-order valence-corrected chi connectivity index (χ0v) is 20.4. The lowest BCUT2D eigenvalue weighted by Gasteiger charge is -2.30. The Balaban J connectivity index is 2.26. The highest BCUT2D eigenvalue weighted by molar-refractivity contribution is 9.10. The van der Waals surface area contributed by atoms with E-state index in [2.05, 4.69) is 21.2 Å². The molecule has 0 unspecified atom stereocenters. The second kappa shape index (κ2) is 11.8. The van der Waals surface area contributed by atoms with Gasteiger partial charge in [0.2, 0.25) is 5.91 Å². The Morgan fingerprint density at radius 3 is 2.37 bits per heavy atom. The number of rotatable bonds is 9. The number of likely N-dealkylation sites (N-methyl/N-ethyl adjacent to an activating group) is 1. The molecule has 2 aromatic rings. The van der Waals surface area contributed by atoms with Gasteiger partial charge >= 0.3 is 0 Å². The van der Waals surface area contributed by atoms with E-state index in [0.717, 1.165) is 0 Å². The Labute approximate surface area is 199 Å². The molecule has 30 heavy (non-hydrogen) atoms. The van der Waals surface area contributed by atoms with Gasteiger partial charge in [0.15, 0.2) is 6.61 Å². The normalized spacial score (nSPS) is 11.7. The van der Waals surface area contributed by atoms with Crippen LogP contribution < -0.4 is 10.1 Å². The molecule has 0 bridgehead atoms. The van der Waals surface area contributed by atoms with Gasteiger partial charge in [0, 0.05) is 28.2 Å². The summed E-state index contributed by atoms with van der Waals surface area (Å²) in [6, 6.07) is 9.39. The Bertz CT molecular complexity index is 911. The van der Waals surface area contributed by atoms with E-state index >= 15 is 0 Å². The first kappa shape index (κ1) is 24.8. The number of hydrogen-bond donors (Lipinski definition) is 1. The van der Waals surface area contributed by atoms with Crippen LogP contribution in [0.2, 0.25) is 15.1 Å². The van der Waals surface area contributed by atoms with Gasteiger partial charge in [-0.1, -0.05) is 47.8 Å². The van der Waals surface area contributed by atoms with Crippen LogP contribution in [-0.4, -0.2) is 35.9 Å². The summed E-state index contributed by atoms with van der Waals surface area (Å²) < 4.78 is 6.30. The summed E-state index contributed by atoms with van der Waals surface area (Å²) in [5.74, 6) is -0.102. The standard InChI is InChI=1S/C21H22BrCl3N2O3/c1-3-18(21(29)26-4-2)27(11-13-5-6-15(24)10-17(13)25)20(28)12-30-19-8-7-14(23)9-16(19)22/h5-10,18H,3-4,11-12H2,1-2H3,(H,26,29)/t18-/m0/s1. The van der Waals surface area contributed by atoms with Crippen molar-refractivity contribution in [2.24, 2.45) is 0 Å². The summed E-state index contributed by atoms with van der Waals surface area (Å²) in [6.45, 7) is 4.04. The van der Waals surface area contributed by atoms with Crippen molar-refractivity contribution in [2.75, 3.05) is 13.2 Å². The third-order valence-electron chi connectivity index (χ3n) is 4.34. The molecule has 0 saturated heterocycles. The van der Waals surface area contributed by atoms with Gasteiger partial charge in [-0.05, 0) is 65.2 Å². The maximum atomic E-state index is 13.1. The van der Waals surface area contributed by atoms with Crippen molar-refractivity contribution >= 4 is 62.5 Å². The molecule has 0 fully saturated rings. The number of carbonyl (C=O) groups excluding carboxylic acids is 2. The number of nitrogens with zero attached hydrogens (tertiary/aromatic N) is 1. The molecular weight excluding hydrogens is 515 g/mol. The van der Waals surface area contributed by atoms with Crippen LogP contribution in [0.4, 0.5) is 0 Å². The minimum absolute atomic E-state index is 0.148. The number of ether oxygens (including phenoxy) is 1. The summed E-state index contributed by atoms with van der Waals surface area (Å²) in [5, 5.41) is 4.24. The van der Waals surface area contributed by atoms with E-state index in [4.69, 9.17) is 39.5 Å². The van der Waals surface area contributed by atoms with E-state index in [1.165, 1.54) is 4.90 Å². The zero-order valence-electron chi connectivity index (χ0n) is 16.6. The summed E-state index contributed by atoms with van der Waals surface area (Å²) in [6.07, 6.45) is 0.438. The molecule has 0 saturated carbocycles. The van der Waals surface area contributed by atoms with Gasteiger partial charge in [0.1, 0.15) is 11.8 Å². The first-order valence-electron chi connectivity index (χ1n) is 9.35. The lowest BCUT2D eigenvalue weighted by molar-refractivity contribution is -0.142. The SMILES string of the molecule is CCNC(=O)[C@H](CC)N(Cc1ccc(Cl)cc1Cl)C(=O)COc1ccc(Cl)cc1Br. The van der Waals surface area contributed by atoms with E-state index in [1.807, 2.05) is 13.8 Å². The van der Waals surface area contributed by atoms with Crippen LogP contribution in [0.3, 0.4) is 0 Å². The van der Waals surface area contributed by atoms with Gasteiger partial charge in [-0.3, -0.25) is 9.59 Å². The Morgan fingerprint density at radius 1 is 1.10 bits per heavy atom. The fraction of sp³-hybridized carbons (Fsp3) is 0.333. The van der Waals surface area contributed by atoms with Crippen molar-refractivity contribution < 1.29 is 14.3 Å². The molecule has 2 aromatic carbocycles. The fourth-order valence-corrected chi connectivity index (χ4v) is 4.13. The van der Waals surface area contributed by atoms with E-state index in [1.54, 1.807) is 36.4 Å². The lowest BCUT2D eigenvalue weighted by atomic mass is 10.1. The minimum Gasteiger partial charge on any atom is -0.483 e. The molecule has 2 amide bonds. The van der Waals surface area contributed by atoms with Gasteiger partial charge < -0.3 is 15.0 Å². The third kappa shape index (κ3) is 6.77. The van der Waals surface area contributed by atoms with Crippen LogP contribution in [0.5, 0.6) is 5.75 Å². The molecule has 5 nitrogen and oxygen atoms in total. The van der Waals surface area contributed by atoms with Gasteiger partial charge in [0.25, 0.3) is 5.91 Å². The van der Waals surface area contributed by atoms with Crippen LogP contribution in [-0.2, 0) is 16.1 Å². The van der Waals surface area contributed by atoms with Crippen molar-refractivity contribution in [1.29, 1.82) is 0 Å². The van der Waals surface area contributed by atoms with Crippen molar-refractivity contribution in [3.63, 3.8) is 0 Å². The lowest BCUT2D eigenvalue weighted by Crippen LogP contribution is -2.50. The van der Waals surface area contributed by atoms with E-state index < -0.39 is 6.04 Å². The third-order valence-corrected chi connectivity index (χ3v) is 5.78. The Kier molecular flexibility index (Phi) is 9.75. The van der Waals surface area contributed by atoms with Gasteiger partial charge in [-0.15, -0.1) is 0 Å². The molecular formula is C21H22BrCl3N2O3. The maximum absolute atomic E-state index is 13.1. The molecule has 0 aliphatic rings. The molecule has 0 radical (unpaired) electrons. The number of nitrogens with one attached hydrogen (secondary N) is 1. The molecule has 9 heteroatoms. The quantitative estimate of drug-likeness (QED) is 0.445. The first-order valence-corrected chi connectivity index (χ1v) is 11.3. The number of benzene rings is 2. The zero-order chi connectivity index (χ0) is 22.3. The van der Waals surface area contributed by atoms with E-state index in [0.29, 0.717) is 43.8 Å². The van der Waals surface area contributed by atoms with Gasteiger partial charge in [-0.2, -0.15) is 0 Å². The summed E-state index contributed by atoms with van der Waals surface area (Å²) in [5.41, 5.74) is 0.685. The molecule has 1 atom stereocenters. The predicted molar refractivity (Wildman–Crippen MR) is 124 cm³/mol. The monoisotopic (exact) mass is 534 g/mol. The number of halogens is 4. The van der Waals surface area contributed by atoms with Crippen LogP contribution in [0.1, 0.15) is 25.8 Å². The molecule has 162 valence electrons. The Hall–Kier alpha value is -1.47. The molecule has 0 spiro atoms. The number of hydrogen-bond acceptors (Lipinski definition) is 3. The molecule has 0 aromatic heterocycles. The minimum atomic E-state index is -0.665. The molecule has 0 aliphatic carbocycles. The van der Waals surface area contributed by atoms with Gasteiger partial charge in [-0.25, -0.2) is 0 Å². The summed E-state index contributed by atoms with van der Waals surface area (Å²) >= 11 is 21.6.